The highest BCUT2D eigenvalue weighted by Gasteiger charge is 2.10. The molecule has 6 heteroatoms. The maximum absolute atomic E-state index is 12.4. The predicted octanol–water partition coefficient (Wildman–Crippen LogP) is 3.53. The van der Waals surface area contributed by atoms with E-state index in [-0.39, 0.29) is 11.8 Å². The number of aromatic nitrogens is 1. The first kappa shape index (κ1) is 18.4. The zero-order valence-corrected chi connectivity index (χ0v) is 14.9. The molecule has 2 aromatic rings. The molecule has 0 bridgehead atoms. The number of nitrogens with zero attached hydrogens (tertiary/aromatic N) is 2. The molecule has 1 aromatic carbocycles. The van der Waals surface area contributed by atoms with Crippen LogP contribution in [-0.4, -0.2) is 30.4 Å². The van der Waals surface area contributed by atoms with Gasteiger partial charge in [-0.15, -0.1) is 0 Å². The number of carbonyl (C=O) groups excluding carboxylic acids is 2. The molecule has 0 fully saturated rings. The second-order valence-corrected chi connectivity index (χ2v) is 5.89. The van der Waals surface area contributed by atoms with Crippen LogP contribution in [0.2, 0.25) is 0 Å². The fourth-order valence-corrected chi connectivity index (χ4v) is 2.32. The number of carbonyl (C=O) groups is 2. The maximum atomic E-state index is 12.4. The van der Waals surface area contributed by atoms with Crippen molar-refractivity contribution in [2.24, 2.45) is 0 Å². The summed E-state index contributed by atoms with van der Waals surface area (Å²) in [7, 11) is 1.97. The zero-order valence-electron chi connectivity index (χ0n) is 14.9. The molecule has 2 N–H and O–H groups in total. The van der Waals surface area contributed by atoms with Crippen molar-refractivity contribution in [2.75, 3.05) is 29.1 Å². The normalized spacial score (nSPS) is 10.2. The number of benzene rings is 1. The third-order valence-electron chi connectivity index (χ3n) is 3.71. The molecule has 2 rings (SSSR count). The Balaban J connectivity index is 2.04. The van der Waals surface area contributed by atoms with E-state index in [0.717, 1.165) is 25.2 Å². The number of anilines is 3. The first-order chi connectivity index (χ1) is 12.0. The molecule has 0 unspecified atom stereocenters. The first-order valence-electron chi connectivity index (χ1n) is 8.35. The number of amides is 2. The number of pyridine rings is 1. The molecule has 0 spiro atoms. The van der Waals surface area contributed by atoms with Crippen molar-refractivity contribution in [1.29, 1.82) is 0 Å². The van der Waals surface area contributed by atoms with Crippen molar-refractivity contribution in [1.82, 2.24) is 4.98 Å². The molecule has 1 aromatic heterocycles. The second-order valence-electron chi connectivity index (χ2n) is 5.89. The van der Waals surface area contributed by atoms with Crippen LogP contribution in [0.4, 0.5) is 17.2 Å². The monoisotopic (exact) mass is 340 g/mol. The molecule has 25 heavy (non-hydrogen) atoms. The van der Waals surface area contributed by atoms with Crippen molar-refractivity contribution in [2.45, 2.75) is 26.7 Å². The van der Waals surface area contributed by atoms with Gasteiger partial charge >= 0.3 is 0 Å². The van der Waals surface area contributed by atoms with E-state index < -0.39 is 0 Å². The minimum Gasteiger partial charge on any atom is -0.360 e. The fourth-order valence-electron chi connectivity index (χ4n) is 2.32. The number of hydrogen-bond donors (Lipinski definition) is 2. The molecule has 0 aliphatic rings. The van der Waals surface area contributed by atoms with Crippen LogP contribution in [0.1, 0.15) is 37.0 Å². The highest BCUT2D eigenvalue weighted by atomic mass is 16.2. The highest BCUT2D eigenvalue weighted by molar-refractivity contribution is 6.04. The van der Waals surface area contributed by atoms with Crippen LogP contribution in [0.25, 0.3) is 0 Å². The van der Waals surface area contributed by atoms with Gasteiger partial charge in [0.1, 0.15) is 5.82 Å². The van der Waals surface area contributed by atoms with Crippen molar-refractivity contribution >= 4 is 29.0 Å². The summed E-state index contributed by atoms with van der Waals surface area (Å²) in [5, 5.41) is 5.54. The van der Waals surface area contributed by atoms with Crippen molar-refractivity contribution in [3.05, 3.63) is 48.2 Å². The Bertz CT molecular complexity index is 728. The van der Waals surface area contributed by atoms with Gasteiger partial charge in [0.25, 0.3) is 5.91 Å². The van der Waals surface area contributed by atoms with E-state index in [4.69, 9.17) is 0 Å². The molecule has 0 aliphatic carbocycles. The van der Waals surface area contributed by atoms with E-state index in [1.54, 1.807) is 42.6 Å². The number of hydrogen-bond acceptors (Lipinski definition) is 4. The summed E-state index contributed by atoms with van der Waals surface area (Å²) < 4.78 is 0. The van der Waals surface area contributed by atoms with Gasteiger partial charge in [0, 0.05) is 43.7 Å². The lowest BCUT2D eigenvalue weighted by molar-refractivity contribution is -0.114. The summed E-state index contributed by atoms with van der Waals surface area (Å²) in [4.78, 5) is 29.8. The van der Waals surface area contributed by atoms with Gasteiger partial charge in [0.2, 0.25) is 5.91 Å². The Hall–Kier alpha value is -2.89. The summed E-state index contributed by atoms with van der Waals surface area (Å²) in [6.07, 6.45) is 3.83. The molecule has 1 heterocycles. The topological polar surface area (TPSA) is 74.3 Å². The lowest BCUT2D eigenvalue weighted by atomic mass is 10.2. The molecule has 132 valence electrons. The standard InChI is InChI=1S/C19H24N4O2/c1-4-5-12-23(3)18-13-15(10-11-20-18)19(25)22-17-8-6-16(7-9-17)21-14(2)24/h6-11,13H,4-5,12H2,1-3H3,(H,21,24)(H,22,25). The molecule has 0 radical (unpaired) electrons. The third-order valence-corrected chi connectivity index (χ3v) is 3.71. The zero-order chi connectivity index (χ0) is 18.2. The summed E-state index contributed by atoms with van der Waals surface area (Å²) in [6.45, 7) is 4.50. The van der Waals surface area contributed by atoms with E-state index in [0.29, 0.717) is 16.9 Å². The fraction of sp³-hybridized carbons (Fsp3) is 0.316. The van der Waals surface area contributed by atoms with Gasteiger partial charge < -0.3 is 15.5 Å². The largest absolute Gasteiger partial charge is 0.360 e. The van der Waals surface area contributed by atoms with Gasteiger partial charge in [-0.2, -0.15) is 0 Å². The number of nitrogens with one attached hydrogen (secondary N) is 2. The summed E-state index contributed by atoms with van der Waals surface area (Å²) in [6, 6.07) is 10.5. The average molecular weight is 340 g/mol. The van der Waals surface area contributed by atoms with E-state index in [1.165, 1.54) is 6.92 Å². The van der Waals surface area contributed by atoms with Crippen LogP contribution in [0.3, 0.4) is 0 Å². The van der Waals surface area contributed by atoms with E-state index in [1.807, 2.05) is 11.9 Å². The van der Waals surface area contributed by atoms with E-state index in [2.05, 4.69) is 22.5 Å². The molecule has 0 saturated carbocycles. The highest BCUT2D eigenvalue weighted by Crippen LogP contribution is 2.16. The van der Waals surface area contributed by atoms with Gasteiger partial charge in [0.05, 0.1) is 0 Å². The van der Waals surface area contributed by atoms with E-state index in [9.17, 15) is 9.59 Å². The van der Waals surface area contributed by atoms with Crippen molar-refractivity contribution in [3.63, 3.8) is 0 Å². The van der Waals surface area contributed by atoms with Gasteiger partial charge in [-0.05, 0) is 42.8 Å². The molecular formula is C19H24N4O2. The molecule has 2 amide bonds. The number of rotatable bonds is 7. The smallest absolute Gasteiger partial charge is 0.255 e. The van der Waals surface area contributed by atoms with E-state index >= 15 is 0 Å². The second kappa shape index (κ2) is 8.82. The lowest BCUT2D eigenvalue weighted by Gasteiger charge is -2.18. The third kappa shape index (κ3) is 5.60. The molecule has 6 nitrogen and oxygen atoms in total. The minimum atomic E-state index is -0.195. The molecule has 0 atom stereocenters. The Labute approximate surface area is 148 Å². The van der Waals surface area contributed by atoms with Crippen LogP contribution < -0.4 is 15.5 Å². The van der Waals surface area contributed by atoms with Gasteiger partial charge in [0.15, 0.2) is 0 Å². The van der Waals surface area contributed by atoms with Crippen LogP contribution in [0, 0.1) is 0 Å². The Morgan fingerprint density at radius 2 is 1.72 bits per heavy atom. The lowest BCUT2D eigenvalue weighted by Crippen LogP contribution is -2.20. The van der Waals surface area contributed by atoms with Crippen LogP contribution in [-0.2, 0) is 4.79 Å². The predicted molar refractivity (Wildman–Crippen MR) is 101 cm³/mol. The quantitative estimate of drug-likeness (QED) is 0.808. The average Bonchev–Trinajstić information content (AvgIpc) is 2.61. The Morgan fingerprint density at radius 1 is 1.08 bits per heavy atom. The SMILES string of the molecule is CCCCN(C)c1cc(C(=O)Nc2ccc(NC(C)=O)cc2)ccn1. The maximum Gasteiger partial charge on any atom is 0.255 e. The Morgan fingerprint density at radius 3 is 2.32 bits per heavy atom. The summed E-state index contributed by atoms with van der Waals surface area (Å²) >= 11 is 0. The van der Waals surface area contributed by atoms with Crippen molar-refractivity contribution in [3.8, 4) is 0 Å². The van der Waals surface area contributed by atoms with Crippen LogP contribution in [0.15, 0.2) is 42.6 Å². The minimum absolute atomic E-state index is 0.131. The van der Waals surface area contributed by atoms with Gasteiger partial charge in [-0.1, -0.05) is 13.3 Å². The molecule has 0 saturated heterocycles. The van der Waals surface area contributed by atoms with Crippen LogP contribution >= 0.6 is 0 Å². The van der Waals surface area contributed by atoms with Crippen LogP contribution in [0.5, 0.6) is 0 Å². The molecule has 0 aliphatic heterocycles. The first-order valence-corrected chi connectivity index (χ1v) is 8.35. The Kier molecular flexibility index (Phi) is 6.51. The van der Waals surface area contributed by atoms with Gasteiger partial charge in [-0.25, -0.2) is 4.98 Å². The summed E-state index contributed by atoms with van der Waals surface area (Å²) in [5.74, 6) is 0.454. The summed E-state index contributed by atoms with van der Waals surface area (Å²) in [5.41, 5.74) is 1.91. The molecular weight excluding hydrogens is 316 g/mol. The number of unbranched alkanes of at least 4 members (excludes halogenated alkanes) is 1. The van der Waals surface area contributed by atoms with Crippen molar-refractivity contribution < 1.29 is 9.59 Å². The van der Waals surface area contributed by atoms with Gasteiger partial charge in [-0.3, -0.25) is 9.59 Å².